The molecular formula is C26H23N3O4S. The Balaban J connectivity index is 1.26. The van der Waals surface area contributed by atoms with Crippen molar-refractivity contribution in [2.75, 3.05) is 13.1 Å². The number of aromatic nitrogens is 2. The summed E-state index contributed by atoms with van der Waals surface area (Å²) in [7, 11) is -3.62. The lowest BCUT2D eigenvalue weighted by Gasteiger charge is -2.46. The third kappa shape index (κ3) is 4.42. The summed E-state index contributed by atoms with van der Waals surface area (Å²) in [4.78, 5) is 23.1. The number of benzene rings is 2. The van der Waals surface area contributed by atoms with Gasteiger partial charge in [-0.1, -0.05) is 36.4 Å². The Kier molecular flexibility index (Phi) is 5.63. The van der Waals surface area contributed by atoms with E-state index in [9.17, 15) is 18.3 Å². The molecule has 1 N–H and O–H groups in total. The molecule has 0 spiro atoms. The number of amides is 1. The van der Waals surface area contributed by atoms with Crippen molar-refractivity contribution in [3.05, 3.63) is 102 Å². The number of hydrogen-bond acceptors (Lipinski definition) is 6. The standard InChI is InChI=1S/C26H23N3O4S/c30-25(29-17-26(31,18-29)15-22-7-1-2-13-27-22)21-11-9-19(10-12-21)16-34(32,33)23-8-3-5-20-6-4-14-28-24(20)23/h1-14,31H,15-18H2. The fourth-order valence-corrected chi connectivity index (χ4v) is 5.85. The van der Waals surface area contributed by atoms with E-state index >= 15 is 0 Å². The summed E-state index contributed by atoms with van der Waals surface area (Å²) < 4.78 is 26.1. The molecule has 2 aromatic carbocycles. The lowest BCUT2D eigenvalue weighted by Crippen LogP contribution is -2.64. The second-order valence-corrected chi connectivity index (χ2v) is 10.6. The molecule has 1 saturated heterocycles. The molecule has 172 valence electrons. The summed E-state index contributed by atoms with van der Waals surface area (Å²) in [6.45, 7) is 0.458. The number of aliphatic hydroxyl groups is 1. The Morgan fingerprint density at radius 1 is 0.912 bits per heavy atom. The van der Waals surface area contributed by atoms with E-state index in [1.54, 1.807) is 59.8 Å². The van der Waals surface area contributed by atoms with Crippen LogP contribution in [0, 0.1) is 0 Å². The Morgan fingerprint density at radius 2 is 1.65 bits per heavy atom. The predicted octanol–water partition coefficient (Wildman–Crippen LogP) is 3.03. The summed E-state index contributed by atoms with van der Waals surface area (Å²) in [6.07, 6.45) is 3.64. The molecular weight excluding hydrogens is 450 g/mol. The van der Waals surface area contributed by atoms with E-state index < -0.39 is 15.4 Å². The molecule has 8 heteroatoms. The number of para-hydroxylation sites is 1. The van der Waals surface area contributed by atoms with Crippen LogP contribution in [0.25, 0.3) is 10.9 Å². The second kappa shape index (κ2) is 8.62. The molecule has 2 aromatic heterocycles. The van der Waals surface area contributed by atoms with Crippen molar-refractivity contribution in [1.29, 1.82) is 0 Å². The van der Waals surface area contributed by atoms with Gasteiger partial charge >= 0.3 is 0 Å². The Bertz CT molecular complexity index is 1440. The van der Waals surface area contributed by atoms with Crippen LogP contribution in [-0.2, 0) is 22.0 Å². The van der Waals surface area contributed by atoms with Crippen LogP contribution in [0.15, 0.2) is 90.1 Å². The highest BCUT2D eigenvalue weighted by molar-refractivity contribution is 7.90. The SMILES string of the molecule is O=C(c1ccc(CS(=O)(=O)c2cccc3cccnc23)cc1)N1CC(O)(Cc2ccccn2)C1. The maximum atomic E-state index is 13.1. The van der Waals surface area contributed by atoms with Gasteiger partial charge in [0.15, 0.2) is 9.84 Å². The molecule has 3 heterocycles. The van der Waals surface area contributed by atoms with Gasteiger partial charge in [0.05, 0.1) is 29.3 Å². The Labute approximate surface area is 197 Å². The number of carbonyl (C=O) groups excluding carboxylic acids is 1. The zero-order valence-corrected chi connectivity index (χ0v) is 19.1. The van der Waals surface area contributed by atoms with Gasteiger partial charge in [0.25, 0.3) is 5.91 Å². The molecule has 0 bridgehead atoms. The zero-order valence-electron chi connectivity index (χ0n) is 18.3. The van der Waals surface area contributed by atoms with E-state index in [1.807, 2.05) is 30.3 Å². The van der Waals surface area contributed by atoms with Crippen LogP contribution >= 0.6 is 0 Å². The van der Waals surface area contributed by atoms with Gasteiger partial charge in [0, 0.05) is 35.5 Å². The van der Waals surface area contributed by atoms with Crippen LogP contribution in [-0.4, -0.2) is 53.0 Å². The van der Waals surface area contributed by atoms with Crippen molar-refractivity contribution in [3.8, 4) is 0 Å². The van der Waals surface area contributed by atoms with Crippen molar-refractivity contribution in [2.45, 2.75) is 22.7 Å². The van der Waals surface area contributed by atoms with Crippen LogP contribution in [0.2, 0.25) is 0 Å². The first kappa shape index (κ1) is 22.2. The monoisotopic (exact) mass is 473 g/mol. The number of hydrogen-bond donors (Lipinski definition) is 1. The first-order valence-corrected chi connectivity index (χ1v) is 12.6. The first-order chi connectivity index (χ1) is 16.3. The smallest absolute Gasteiger partial charge is 0.254 e. The van der Waals surface area contributed by atoms with Gasteiger partial charge in [-0.15, -0.1) is 0 Å². The Hall–Kier alpha value is -3.62. The lowest BCUT2D eigenvalue weighted by atomic mass is 9.88. The summed E-state index contributed by atoms with van der Waals surface area (Å²) in [5.74, 6) is -0.386. The second-order valence-electron chi connectivity index (χ2n) is 8.67. The first-order valence-electron chi connectivity index (χ1n) is 10.9. The van der Waals surface area contributed by atoms with Crippen LogP contribution in [0.1, 0.15) is 21.6 Å². The number of β-amino-alcohol motifs (C(OH)–C–C–N with tert-alkyl or cyclic N) is 1. The molecule has 34 heavy (non-hydrogen) atoms. The van der Waals surface area contributed by atoms with Gasteiger partial charge in [-0.25, -0.2) is 8.42 Å². The number of likely N-dealkylation sites (tertiary alicyclic amines) is 1. The molecule has 4 aromatic rings. The normalized spacial score (nSPS) is 15.1. The third-order valence-electron chi connectivity index (χ3n) is 5.98. The van der Waals surface area contributed by atoms with Gasteiger partial charge in [-0.2, -0.15) is 0 Å². The molecule has 0 unspecified atom stereocenters. The van der Waals surface area contributed by atoms with Gasteiger partial charge in [0.2, 0.25) is 0 Å². The number of pyridine rings is 2. The molecule has 1 aliphatic rings. The molecule has 5 rings (SSSR count). The number of carbonyl (C=O) groups is 1. The average molecular weight is 474 g/mol. The minimum absolute atomic E-state index is 0.190. The highest BCUT2D eigenvalue weighted by Crippen LogP contribution is 2.27. The minimum atomic E-state index is -3.62. The van der Waals surface area contributed by atoms with Crippen LogP contribution in [0.5, 0.6) is 0 Å². The average Bonchev–Trinajstić information content (AvgIpc) is 2.82. The van der Waals surface area contributed by atoms with Gasteiger partial charge in [-0.3, -0.25) is 14.8 Å². The van der Waals surface area contributed by atoms with E-state index in [4.69, 9.17) is 0 Å². The molecule has 0 saturated carbocycles. The van der Waals surface area contributed by atoms with Crippen molar-refractivity contribution in [2.24, 2.45) is 0 Å². The van der Waals surface area contributed by atoms with E-state index in [1.165, 1.54) is 0 Å². The van der Waals surface area contributed by atoms with Crippen LogP contribution < -0.4 is 0 Å². The number of rotatable bonds is 6. The van der Waals surface area contributed by atoms with Crippen LogP contribution in [0.3, 0.4) is 0 Å². The largest absolute Gasteiger partial charge is 0.386 e. The van der Waals surface area contributed by atoms with Crippen LogP contribution in [0.4, 0.5) is 0 Å². The topological polar surface area (TPSA) is 100 Å². The highest BCUT2D eigenvalue weighted by atomic mass is 32.2. The number of fused-ring (bicyclic) bond motifs is 1. The third-order valence-corrected chi connectivity index (χ3v) is 7.70. The summed E-state index contributed by atoms with van der Waals surface area (Å²) in [5.41, 5.74) is 1.29. The Morgan fingerprint density at radius 3 is 2.38 bits per heavy atom. The van der Waals surface area contributed by atoms with E-state index in [0.717, 1.165) is 11.1 Å². The van der Waals surface area contributed by atoms with Crippen molar-refractivity contribution in [3.63, 3.8) is 0 Å². The molecule has 0 atom stereocenters. The maximum absolute atomic E-state index is 13.1. The van der Waals surface area contributed by atoms with E-state index in [0.29, 0.717) is 23.1 Å². The molecule has 0 radical (unpaired) electrons. The minimum Gasteiger partial charge on any atom is -0.386 e. The van der Waals surface area contributed by atoms with Crippen molar-refractivity contribution >= 4 is 26.6 Å². The highest BCUT2D eigenvalue weighted by Gasteiger charge is 2.44. The van der Waals surface area contributed by atoms with Crippen molar-refractivity contribution in [1.82, 2.24) is 14.9 Å². The van der Waals surface area contributed by atoms with Gasteiger partial charge in [-0.05, 0) is 42.0 Å². The number of sulfone groups is 1. The fraction of sp³-hybridized carbons (Fsp3) is 0.192. The summed E-state index contributed by atoms with van der Waals surface area (Å²) in [6, 6.07) is 20.8. The predicted molar refractivity (Wildman–Crippen MR) is 128 cm³/mol. The molecule has 1 aliphatic heterocycles. The quantitative estimate of drug-likeness (QED) is 0.462. The molecule has 1 amide bonds. The van der Waals surface area contributed by atoms with Gasteiger partial charge < -0.3 is 10.0 Å². The molecule has 1 fully saturated rings. The molecule has 7 nitrogen and oxygen atoms in total. The zero-order chi connectivity index (χ0) is 23.8. The van der Waals surface area contributed by atoms with E-state index in [2.05, 4.69) is 9.97 Å². The van der Waals surface area contributed by atoms with E-state index in [-0.39, 0.29) is 29.6 Å². The summed E-state index contributed by atoms with van der Waals surface area (Å²) >= 11 is 0. The summed E-state index contributed by atoms with van der Waals surface area (Å²) in [5, 5.41) is 11.4. The number of nitrogens with zero attached hydrogens (tertiary/aromatic N) is 3. The van der Waals surface area contributed by atoms with Crippen molar-refractivity contribution < 1.29 is 18.3 Å². The lowest BCUT2D eigenvalue weighted by molar-refractivity contribution is -0.0804. The maximum Gasteiger partial charge on any atom is 0.254 e. The molecule has 0 aliphatic carbocycles. The van der Waals surface area contributed by atoms with Gasteiger partial charge in [0.1, 0.15) is 5.60 Å². The fourth-order valence-electron chi connectivity index (χ4n) is 4.31.